The maximum atomic E-state index is 11.0. The minimum absolute atomic E-state index is 0.00157. The predicted octanol–water partition coefficient (Wildman–Crippen LogP) is 1.03. The Hall–Kier alpha value is -1.07. The second-order valence-electron chi connectivity index (χ2n) is 2.94. The zero-order valence-electron chi connectivity index (χ0n) is 8.42. The lowest BCUT2D eigenvalue weighted by molar-refractivity contribution is -0.119. The van der Waals surface area contributed by atoms with Crippen LogP contribution in [0.3, 0.4) is 0 Å². The van der Waals surface area contributed by atoms with Gasteiger partial charge in [0.2, 0.25) is 5.91 Å². The smallest absolute Gasteiger partial charge is 0.234 e. The Bertz CT molecular complexity index is 355. The van der Waals surface area contributed by atoms with Gasteiger partial charge in [0.05, 0.1) is 13.7 Å². The van der Waals surface area contributed by atoms with E-state index in [1.807, 2.05) is 18.2 Å². The third-order valence-electron chi connectivity index (χ3n) is 1.91. The van der Waals surface area contributed by atoms with Crippen LogP contribution in [0, 0.1) is 0 Å². The van der Waals surface area contributed by atoms with E-state index >= 15 is 0 Å². The average Bonchev–Trinajstić information content (AvgIpc) is 2.27. The van der Waals surface area contributed by atoms with Gasteiger partial charge in [-0.15, -0.1) is 0 Å². The molecule has 0 bridgehead atoms. The number of carbonyl (C=O) groups excluding carboxylic acids is 1. The van der Waals surface area contributed by atoms with E-state index in [0.717, 1.165) is 15.8 Å². The molecule has 5 heteroatoms. The van der Waals surface area contributed by atoms with E-state index < -0.39 is 0 Å². The molecule has 0 heterocycles. The Kier molecular flexibility index (Phi) is 4.58. The third kappa shape index (κ3) is 3.53. The van der Waals surface area contributed by atoms with E-state index in [4.69, 9.17) is 10.5 Å². The van der Waals surface area contributed by atoms with E-state index in [2.05, 4.69) is 21.2 Å². The van der Waals surface area contributed by atoms with Gasteiger partial charge in [0, 0.05) is 11.0 Å². The molecular formula is C10H13BrN2O2. The summed E-state index contributed by atoms with van der Waals surface area (Å²) in [4.78, 5) is 11.0. The van der Waals surface area contributed by atoms with Gasteiger partial charge >= 0.3 is 0 Å². The highest BCUT2D eigenvalue weighted by molar-refractivity contribution is 9.10. The summed E-state index contributed by atoms with van der Waals surface area (Å²) in [6, 6.07) is 5.59. The van der Waals surface area contributed by atoms with Crippen molar-refractivity contribution < 1.29 is 9.53 Å². The van der Waals surface area contributed by atoms with Gasteiger partial charge in [0.15, 0.2) is 0 Å². The van der Waals surface area contributed by atoms with Crippen molar-refractivity contribution in [1.29, 1.82) is 0 Å². The molecule has 15 heavy (non-hydrogen) atoms. The van der Waals surface area contributed by atoms with Crippen LogP contribution in [0.1, 0.15) is 5.56 Å². The molecule has 0 aliphatic rings. The fourth-order valence-corrected chi connectivity index (χ4v) is 1.47. The van der Waals surface area contributed by atoms with Gasteiger partial charge in [-0.3, -0.25) is 4.79 Å². The summed E-state index contributed by atoms with van der Waals surface area (Å²) in [5, 5.41) is 2.69. The fraction of sp³-hybridized carbons (Fsp3) is 0.300. The molecule has 0 aliphatic carbocycles. The highest BCUT2D eigenvalue weighted by Crippen LogP contribution is 2.22. The quantitative estimate of drug-likeness (QED) is 0.861. The standard InChI is InChI=1S/C10H13BrN2O2/c1-15-8-2-3-9(11)7(4-8)6-13-10(14)5-12/h2-4H,5-6,12H2,1H3,(H,13,14). The molecule has 0 saturated carbocycles. The number of benzene rings is 1. The first-order valence-electron chi connectivity index (χ1n) is 4.46. The Labute approximate surface area is 96.9 Å². The molecular weight excluding hydrogens is 260 g/mol. The second kappa shape index (κ2) is 5.72. The normalized spacial score (nSPS) is 9.80. The van der Waals surface area contributed by atoms with Crippen molar-refractivity contribution in [2.75, 3.05) is 13.7 Å². The van der Waals surface area contributed by atoms with Gasteiger partial charge < -0.3 is 15.8 Å². The van der Waals surface area contributed by atoms with Crippen LogP contribution in [0.4, 0.5) is 0 Å². The SMILES string of the molecule is COc1ccc(Br)c(CNC(=O)CN)c1. The third-order valence-corrected chi connectivity index (χ3v) is 2.69. The minimum atomic E-state index is -0.176. The number of nitrogens with one attached hydrogen (secondary N) is 1. The lowest BCUT2D eigenvalue weighted by atomic mass is 10.2. The Morgan fingerprint density at radius 1 is 1.60 bits per heavy atom. The van der Waals surface area contributed by atoms with E-state index in [0.29, 0.717) is 6.54 Å². The largest absolute Gasteiger partial charge is 0.497 e. The Balaban J connectivity index is 2.70. The average molecular weight is 273 g/mol. The molecule has 0 radical (unpaired) electrons. The van der Waals surface area contributed by atoms with Crippen molar-refractivity contribution in [3.63, 3.8) is 0 Å². The molecule has 0 fully saturated rings. The van der Waals surface area contributed by atoms with Crippen molar-refractivity contribution in [1.82, 2.24) is 5.32 Å². The maximum Gasteiger partial charge on any atom is 0.234 e. The van der Waals surface area contributed by atoms with Crippen LogP contribution in [0.25, 0.3) is 0 Å². The highest BCUT2D eigenvalue weighted by atomic mass is 79.9. The Morgan fingerprint density at radius 2 is 2.33 bits per heavy atom. The zero-order valence-corrected chi connectivity index (χ0v) is 10.0. The summed E-state index contributed by atoms with van der Waals surface area (Å²) in [5.74, 6) is 0.583. The first-order chi connectivity index (χ1) is 7.17. The number of rotatable bonds is 4. The molecule has 3 N–H and O–H groups in total. The molecule has 0 saturated heterocycles. The van der Waals surface area contributed by atoms with Gasteiger partial charge in [-0.05, 0) is 23.8 Å². The van der Waals surface area contributed by atoms with Crippen molar-refractivity contribution >= 4 is 21.8 Å². The predicted molar refractivity (Wildman–Crippen MR) is 61.6 cm³/mol. The molecule has 1 aromatic rings. The lowest BCUT2D eigenvalue weighted by Gasteiger charge is -2.08. The van der Waals surface area contributed by atoms with Crippen LogP contribution >= 0.6 is 15.9 Å². The minimum Gasteiger partial charge on any atom is -0.497 e. The van der Waals surface area contributed by atoms with Crippen molar-refractivity contribution in [3.8, 4) is 5.75 Å². The van der Waals surface area contributed by atoms with Crippen LogP contribution in [0.5, 0.6) is 5.75 Å². The Morgan fingerprint density at radius 3 is 2.93 bits per heavy atom. The van der Waals surface area contributed by atoms with Crippen LogP contribution in [0.15, 0.2) is 22.7 Å². The van der Waals surface area contributed by atoms with Gasteiger partial charge in [-0.25, -0.2) is 0 Å². The lowest BCUT2D eigenvalue weighted by Crippen LogP contribution is -2.29. The van der Waals surface area contributed by atoms with Crippen molar-refractivity contribution in [2.45, 2.75) is 6.54 Å². The molecule has 4 nitrogen and oxygen atoms in total. The van der Waals surface area contributed by atoms with Crippen LogP contribution in [-0.2, 0) is 11.3 Å². The number of nitrogens with two attached hydrogens (primary N) is 1. The molecule has 1 aromatic carbocycles. The number of hydrogen-bond donors (Lipinski definition) is 2. The van der Waals surface area contributed by atoms with Gasteiger partial charge in [0.1, 0.15) is 5.75 Å². The highest BCUT2D eigenvalue weighted by Gasteiger charge is 2.03. The van der Waals surface area contributed by atoms with E-state index in [1.165, 1.54) is 0 Å². The van der Waals surface area contributed by atoms with E-state index in [-0.39, 0.29) is 12.5 Å². The number of carbonyl (C=O) groups is 1. The van der Waals surface area contributed by atoms with Crippen molar-refractivity contribution in [2.24, 2.45) is 5.73 Å². The van der Waals surface area contributed by atoms with Gasteiger partial charge in [0.25, 0.3) is 0 Å². The monoisotopic (exact) mass is 272 g/mol. The zero-order chi connectivity index (χ0) is 11.3. The second-order valence-corrected chi connectivity index (χ2v) is 3.79. The topological polar surface area (TPSA) is 64.3 Å². The molecule has 1 amide bonds. The summed E-state index contributed by atoms with van der Waals surface area (Å²) in [5.41, 5.74) is 6.14. The van der Waals surface area contributed by atoms with E-state index in [9.17, 15) is 4.79 Å². The molecule has 0 unspecified atom stereocenters. The first-order valence-corrected chi connectivity index (χ1v) is 5.26. The number of amides is 1. The van der Waals surface area contributed by atoms with Crippen molar-refractivity contribution in [3.05, 3.63) is 28.2 Å². The summed E-state index contributed by atoms with van der Waals surface area (Å²) in [6.45, 7) is 0.440. The van der Waals surface area contributed by atoms with Crippen LogP contribution in [-0.4, -0.2) is 19.6 Å². The van der Waals surface area contributed by atoms with Gasteiger partial charge in [-0.1, -0.05) is 15.9 Å². The van der Waals surface area contributed by atoms with Crippen LogP contribution < -0.4 is 15.8 Å². The molecule has 0 spiro atoms. The summed E-state index contributed by atoms with van der Waals surface area (Å²) in [6.07, 6.45) is 0. The molecule has 0 aromatic heterocycles. The summed E-state index contributed by atoms with van der Waals surface area (Å²) in [7, 11) is 1.60. The summed E-state index contributed by atoms with van der Waals surface area (Å²) >= 11 is 3.39. The maximum absolute atomic E-state index is 11.0. The molecule has 0 atom stereocenters. The molecule has 82 valence electrons. The number of methoxy groups -OCH3 is 1. The first kappa shape index (κ1) is 12.0. The number of halogens is 1. The number of hydrogen-bond acceptors (Lipinski definition) is 3. The van der Waals surface area contributed by atoms with E-state index in [1.54, 1.807) is 7.11 Å². The number of ether oxygens (including phenoxy) is 1. The molecule has 1 rings (SSSR count). The van der Waals surface area contributed by atoms with Crippen LogP contribution in [0.2, 0.25) is 0 Å². The van der Waals surface area contributed by atoms with Gasteiger partial charge in [-0.2, -0.15) is 0 Å². The fourth-order valence-electron chi connectivity index (χ4n) is 1.08. The molecule has 0 aliphatic heterocycles. The summed E-state index contributed by atoms with van der Waals surface area (Å²) < 4.78 is 6.02.